The molecule has 3 aromatic rings. The number of nitrogens with one attached hydrogen (secondary N) is 2. The van der Waals surface area contributed by atoms with Gasteiger partial charge >= 0.3 is 6.18 Å². The van der Waals surface area contributed by atoms with Crippen LogP contribution in [0.5, 0.6) is 0 Å². The summed E-state index contributed by atoms with van der Waals surface area (Å²) in [7, 11) is 0. The van der Waals surface area contributed by atoms with Gasteiger partial charge in [0.05, 0.1) is 28.8 Å². The van der Waals surface area contributed by atoms with Crippen molar-refractivity contribution in [2.45, 2.75) is 58.0 Å². The van der Waals surface area contributed by atoms with E-state index in [-0.39, 0.29) is 24.6 Å². The molecule has 0 radical (unpaired) electrons. The molecule has 0 saturated carbocycles. The lowest BCUT2D eigenvalue weighted by Gasteiger charge is -2.25. The first-order valence-electron chi connectivity index (χ1n) is 13.8. The Morgan fingerprint density at radius 2 is 1.59 bits per heavy atom. The Bertz CT molecular complexity index is 1260. The minimum absolute atomic E-state index is 0.0216. The number of alkyl halides is 3. The number of aromatic nitrogens is 1. The molecule has 2 atom stereocenters. The zero-order valence-electron chi connectivity index (χ0n) is 23.3. The first-order valence-corrected chi connectivity index (χ1v) is 13.8. The van der Waals surface area contributed by atoms with Gasteiger partial charge in [0.15, 0.2) is 0 Å². The van der Waals surface area contributed by atoms with Crippen LogP contribution in [-0.2, 0) is 19.1 Å². The van der Waals surface area contributed by atoms with Gasteiger partial charge in [0.1, 0.15) is 0 Å². The van der Waals surface area contributed by atoms with Crippen LogP contribution in [0.25, 0.3) is 0 Å². The number of carbonyl (C=O) groups is 2. The summed E-state index contributed by atoms with van der Waals surface area (Å²) in [5.41, 5.74) is 1.05. The molecule has 2 amide bonds. The predicted octanol–water partition coefficient (Wildman–Crippen LogP) is 4.85. The molecule has 7 nitrogen and oxygen atoms in total. The summed E-state index contributed by atoms with van der Waals surface area (Å²) in [5, 5.41) is 16.9. The van der Waals surface area contributed by atoms with Crippen molar-refractivity contribution in [3.8, 4) is 0 Å². The Hall–Kier alpha value is -3.76. The lowest BCUT2D eigenvalue weighted by molar-refractivity contribution is -0.137. The standard InChI is InChI=1S/C31H37F3N4O3/c1-3-13-38(14-4-2)30(41)25-17-24(19-36-20-25)29(40)37-27(16-22-9-6-5-7-10-22)28(39)21-35-18-23-11-8-12-26(15-23)31(32,33)34/h5-12,15,17,19-20,27-28,35,39H,3-4,13-14,16,18,21H2,1-2H3,(H,37,40)/t27-,28+/m0/s1. The molecule has 3 rings (SSSR count). The monoisotopic (exact) mass is 570 g/mol. The summed E-state index contributed by atoms with van der Waals surface area (Å²) < 4.78 is 39.1. The van der Waals surface area contributed by atoms with Crippen LogP contribution >= 0.6 is 0 Å². The Morgan fingerprint density at radius 3 is 2.24 bits per heavy atom. The Kier molecular flexibility index (Phi) is 11.9. The highest BCUT2D eigenvalue weighted by atomic mass is 19.4. The van der Waals surface area contributed by atoms with E-state index < -0.39 is 29.8 Å². The average molecular weight is 571 g/mol. The van der Waals surface area contributed by atoms with Crippen LogP contribution in [-0.4, -0.2) is 58.6 Å². The van der Waals surface area contributed by atoms with E-state index in [9.17, 15) is 27.9 Å². The number of aliphatic hydroxyl groups is 1. The summed E-state index contributed by atoms with van der Waals surface area (Å²) in [4.78, 5) is 32.1. The van der Waals surface area contributed by atoms with E-state index >= 15 is 0 Å². The van der Waals surface area contributed by atoms with Crippen molar-refractivity contribution in [1.29, 1.82) is 0 Å². The van der Waals surface area contributed by atoms with Crippen LogP contribution < -0.4 is 10.6 Å². The molecule has 2 aromatic carbocycles. The molecule has 0 saturated heterocycles. The first kappa shape index (κ1) is 31.8. The highest BCUT2D eigenvalue weighted by Gasteiger charge is 2.30. The lowest BCUT2D eigenvalue weighted by atomic mass is 10.00. The first-order chi connectivity index (χ1) is 19.6. The second kappa shape index (κ2) is 15.3. The van der Waals surface area contributed by atoms with Crippen molar-refractivity contribution in [3.63, 3.8) is 0 Å². The fourth-order valence-electron chi connectivity index (χ4n) is 4.49. The van der Waals surface area contributed by atoms with Crippen molar-refractivity contribution in [3.05, 3.63) is 101 Å². The molecule has 41 heavy (non-hydrogen) atoms. The molecule has 0 spiro atoms. The van der Waals surface area contributed by atoms with Gasteiger partial charge < -0.3 is 20.6 Å². The summed E-state index contributed by atoms with van der Waals surface area (Å²) in [6.07, 6.45) is -0.778. The Morgan fingerprint density at radius 1 is 0.927 bits per heavy atom. The quantitative estimate of drug-likeness (QED) is 0.258. The topological polar surface area (TPSA) is 94.6 Å². The van der Waals surface area contributed by atoms with Gasteiger partial charge in [-0.15, -0.1) is 0 Å². The molecule has 0 bridgehead atoms. The van der Waals surface area contributed by atoms with E-state index in [0.717, 1.165) is 30.5 Å². The maximum Gasteiger partial charge on any atom is 0.416 e. The van der Waals surface area contributed by atoms with Crippen LogP contribution in [0, 0.1) is 0 Å². The highest BCUT2D eigenvalue weighted by Crippen LogP contribution is 2.29. The molecule has 1 aromatic heterocycles. The lowest BCUT2D eigenvalue weighted by Crippen LogP contribution is -2.48. The minimum atomic E-state index is -4.44. The number of hydrogen-bond acceptors (Lipinski definition) is 5. The predicted molar refractivity (Wildman–Crippen MR) is 151 cm³/mol. The van der Waals surface area contributed by atoms with Gasteiger partial charge in [0.2, 0.25) is 0 Å². The second-order valence-electron chi connectivity index (χ2n) is 9.92. The largest absolute Gasteiger partial charge is 0.416 e. The van der Waals surface area contributed by atoms with E-state index in [2.05, 4.69) is 15.6 Å². The number of benzene rings is 2. The molecule has 0 fully saturated rings. The molecule has 1 heterocycles. The fourth-order valence-corrected chi connectivity index (χ4v) is 4.49. The summed E-state index contributed by atoms with van der Waals surface area (Å²) in [6.45, 7) is 5.31. The van der Waals surface area contributed by atoms with E-state index in [1.807, 2.05) is 44.2 Å². The van der Waals surface area contributed by atoms with Crippen molar-refractivity contribution < 1.29 is 27.9 Å². The fraction of sp³-hybridized carbons (Fsp3) is 0.387. The molecule has 10 heteroatoms. The highest BCUT2D eigenvalue weighted by molar-refractivity contribution is 5.99. The molecule has 0 aliphatic rings. The van der Waals surface area contributed by atoms with E-state index in [4.69, 9.17) is 0 Å². The van der Waals surface area contributed by atoms with Crippen molar-refractivity contribution in [2.24, 2.45) is 0 Å². The third-order valence-electron chi connectivity index (χ3n) is 6.54. The van der Waals surface area contributed by atoms with Gasteiger partial charge in [0, 0.05) is 38.6 Å². The summed E-state index contributed by atoms with van der Waals surface area (Å²) in [5.74, 6) is -0.696. The van der Waals surface area contributed by atoms with Gasteiger partial charge in [-0.05, 0) is 42.5 Å². The van der Waals surface area contributed by atoms with Gasteiger partial charge in [-0.3, -0.25) is 14.6 Å². The van der Waals surface area contributed by atoms with Crippen molar-refractivity contribution in [2.75, 3.05) is 19.6 Å². The number of hydrogen-bond donors (Lipinski definition) is 3. The summed E-state index contributed by atoms with van der Waals surface area (Å²) in [6, 6.07) is 15.1. The number of pyridine rings is 1. The second-order valence-corrected chi connectivity index (χ2v) is 9.92. The third kappa shape index (κ3) is 9.68. The molecular formula is C31H37F3N4O3. The van der Waals surface area contributed by atoms with Crippen LogP contribution in [0.1, 0.15) is 64.1 Å². The molecule has 3 N–H and O–H groups in total. The number of aliphatic hydroxyl groups excluding tert-OH is 1. The van der Waals surface area contributed by atoms with E-state index in [1.165, 1.54) is 24.5 Å². The number of halogens is 3. The van der Waals surface area contributed by atoms with E-state index in [1.54, 1.807) is 11.0 Å². The van der Waals surface area contributed by atoms with Gasteiger partial charge in [-0.2, -0.15) is 13.2 Å². The molecule has 0 unspecified atom stereocenters. The van der Waals surface area contributed by atoms with Crippen LogP contribution in [0.2, 0.25) is 0 Å². The van der Waals surface area contributed by atoms with Crippen LogP contribution in [0.4, 0.5) is 13.2 Å². The maximum absolute atomic E-state index is 13.3. The van der Waals surface area contributed by atoms with E-state index in [0.29, 0.717) is 30.6 Å². The van der Waals surface area contributed by atoms with Crippen LogP contribution in [0.3, 0.4) is 0 Å². The number of carbonyl (C=O) groups excluding carboxylic acids is 2. The Balaban J connectivity index is 1.71. The molecule has 0 aliphatic carbocycles. The van der Waals surface area contributed by atoms with Gasteiger partial charge in [0.25, 0.3) is 11.8 Å². The Labute approximate surface area is 238 Å². The normalized spacial score (nSPS) is 12.9. The number of nitrogens with zero attached hydrogens (tertiary/aromatic N) is 2. The van der Waals surface area contributed by atoms with Crippen molar-refractivity contribution >= 4 is 11.8 Å². The van der Waals surface area contributed by atoms with Gasteiger partial charge in [-0.1, -0.05) is 62.4 Å². The summed E-state index contributed by atoms with van der Waals surface area (Å²) >= 11 is 0. The SMILES string of the molecule is CCCN(CCC)C(=O)c1cncc(C(=O)N[C@@H](Cc2ccccc2)[C@H](O)CNCc2cccc(C(F)(F)F)c2)c1. The van der Waals surface area contributed by atoms with Crippen LogP contribution in [0.15, 0.2) is 73.1 Å². The number of rotatable bonds is 14. The molecule has 220 valence electrons. The minimum Gasteiger partial charge on any atom is -0.390 e. The zero-order chi connectivity index (χ0) is 29.8. The smallest absolute Gasteiger partial charge is 0.390 e. The van der Waals surface area contributed by atoms with Gasteiger partial charge in [-0.25, -0.2) is 0 Å². The van der Waals surface area contributed by atoms with Crippen molar-refractivity contribution in [1.82, 2.24) is 20.5 Å². The maximum atomic E-state index is 13.3. The third-order valence-corrected chi connectivity index (χ3v) is 6.54. The zero-order valence-corrected chi connectivity index (χ0v) is 23.3. The molecular weight excluding hydrogens is 533 g/mol. The average Bonchev–Trinajstić information content (AvgIpc) is 2.96. The molecule has 0 aliphatic heterocycles. The number of amides is 2.